The van der Waals surface area contributed by atoms with E-state index in [4.69, 9.17) is 0 Å². The van der Waals surface area contributed by atoms with Gasteiger partial charge >= 0.3 is 0 Å². The van der Waals surface area contributed by atoms with Crippen LogP contribution in [0.1, 0.15) is 50.8 Å². The van der Waals surface area contributed by atoms with E-state index in [1.807, 2.05) is 0 Å². The zero-order valence-corrected chi connectivity index (χ0v) is 19.8. The molecule has 33 heavy (non-hydrogen) atoms. The molecule has 0 bridgehead atoms. The lowest BCUT2D eigenvalue weighted by Gasteiger charge is -2.39. The quantitative estimate of drug-likeness (QED) is 0.459. The summed E-state index contributed by atoms with van der Waals surface area (Å²) in [4.78, 5) is 11.7. The van der Waals surface area contributed by atoms with E-state index in [0.717, 1.165) is 36.7 Å². The fourth-order valence-corrected chi connectivity index (χ4v) is 4.57. The molecular formula is C26H35F2N3O2. The lowest BCUT2D eigenvalue weighted by Crippen LogP contribution is -2.53. The summed E-state index contributed by atoms with van der Waals surface area (Å²) >= 11 is 0. The fourth-order valence-electron chi connectivity index (χ4n) is 4.57. The van der Waals surface area contributed by atoms with Crippen molar-refractivity contribution in [3.63, 3.8) is 0 Å². The van der Waals surface area contributed by atoms with Crippen LogP contribution in [0, 0.1) is 17.6 Å². The molecule has 0 fully saturated rings. The van der Waals surface area contributed by atoms with Crippen LogP contribution in [0.15, 0.2) is 36.4 Å². The van der Waals surface area contributed by atoms with Crippen molar-refractivity contribution in [2.75, 3.05) is 18.4 Å². The molecule has 5 nitrogen and oxygen atoms in total. The van der Waals surface area contributed by atoms with Crippen molar-refractivity contribution in [2.45, 2.75) is 64.6 Å². The van der Waals surface area contributed by atoms with E-state index in [9.17, 15) is 18.7 Å². The molecule has 0 saturated heterocycles. The molecular weight excluding hydrogens is 424 g/mol. The lowest BCUT2D eigenvalue weighted by molar-refractivity contribution is -0.120. The van der Waals surface area contributed by atoms with Gasteiger partial charge in [0.25, 0.3) is 0 Å². The van der Waals surface area contributed by atoms with Gasteiger partial charge in [-0.1, -0.05) is 26.0 Å². The maximum atomic E-state index is 13.6. The number of aliphatic hydroxyl groups excluding tert-OH is 1. The number of carbonyl (C=O) groups excluding carboxylic acids is 1. The van der Waals surface area contributed by atoms with Crippen LogP contribution in [0.3, 0.4) is 0 Å². The van der Waals surface area contributed by atoms with Gasteiger partial charge in [0.2, 0.25) is 5.91 Å². The zero-order valence-electron chi connectivity index (χ0n) is 19.8. The Kier molecular flexibility index (Phi) is 8.08. The number of hydrogen-bond acceptors (Lipinski definition) is 4. The van der Waals surface area contributed by atoms with Gasteiger partial charge in [0.1, 0.15) is 11.6 Å². The molecule has 0 spiro atoms. The summed E-state index contributed by atoms with van der Waals surface area (Å²) in [6.07, 6.45) is 0.984. The van der Waals surface area contributed by atoms with Crippen molar-refractivity contribution in [2.24, 2.45) is 5.92 Å². The van der Waals surface area contributed by atoms with Gasteiger partial charge in [-0.2, -0.15) is 0 Å². The van der Waals surface area contributed by atoms with Gasteiger partial charge in [-0.3, -0.25) is 4.79 Å². The Morgan fingerprint density at radius 3 is 2.45 bits per heavy atom. The molecule has 1 aliphatic rings. The highest BCUT2D eigenvalue weighted by Gasteiger charge is 2.33. The third kappa shape index (κ3) is 6.74. The number of halogens is 2. The minimum atomic E-state index is -0.950. The first-order valence-electron chi connectivity index (χ1n) is 11.6. The summed E-state index contributed by atoms with van der Waals surface area (Å²) < 4.78 is 27.3. The van der Waals surface area contributed by atoms with Gasteiger partial charge in [-0.25, -0.2) is 8.78 Å². The second kappa shape index (κ2) is 10.6. The molecule has 2 aromatic carbocycles. The molecule has 7 heteroatoms. The minimum Gasteiger partial charge on any atom is -0.390 e. The van der Waals surface area contributed by atoms with E-state index >= 15 is 0 Å². The van der Waals surface area contributed by atoms with Crippen LogP contribution in [0.25, 0.3) is 0 Å². The molecule has 180 valence electrons. The number of aliphatic hydroxyl groups is 1. The van der Waals surface area contributed by atoms with Gasteiger partial charge in [0.05, 0.1) is 12.1 Å². The van der Waals surface area contributed by atoms with E-state index in [-0.39, 0.29) is 24.4 Å². The highest BCUT2D eigenvalue weighted by molar-refractivity contribution is 5.73. The first-order chi connectivity index (χ1) is 15.6. The third-order valence-corrected chi connectivity index (χ3v) is 6.20. The summed E-state index contributed by atoms with van der Waals surface area (Å²) in [7, 11) is 0. The van der Waals surface area contributed by atoms with E-state index in [1.165, 1.54) is 24.6 Å². The van der Waals surface area contributed by atoms with E-state index < -0.39 is 23.8 Å². The average Bonchev–Trinajstić information content (AvgIpc) is 2.71. The highest BCUT2D eigenvalue weighted by atomic mass is 19.1. The van der Waals surface area contributed by atoms with Crippen LogP contribution in [0.5, 0.6) is 0 Å². The van der Waals surface area contributed by atoms with Crippen LogP contribution in [-0.4, -0.2) is 36.2 Å². The Balaban J connectivity index is 1.75. The molecule has 3 rings (SSSR count). The number of hydrogen-bond donors (Lipinski definition) is 4. The number of rotatable bonds is 9. The predicted molar refractivity (Wildman–Crippen MR) is 127 cm³/mol. The Bertz CT molecular complexity index is 962. The van der Waals surface area contributed by atoms with Crippen LogP contribution < -0.4 is 16.0 Å². The summed E-state index contributed by atoms with van der Waals surface area (Å²) in [5, 5.41) is 20.6. The molecule has 3 unspecified atom stereocenters. The smallest absolute Gasteiger partial charge is 0.217 e. The molecule has 1 aliphatic heterocycles. The average molecular weight is 460 g/mol. The van der Waals surface area contributed by atoms with Gasteiger partial charge in [-0.05, 0) is 67.0 Å². The summed E-state index contributed by atoms with van der Waals surface area (Å²) in [6, 6.07) is 9.04. The van der Waals surface area contributed by atoms with Gasteiger partial charge in [-0.15, -0.1) is 0 Å². The number of anilines is 1. The van der Waals surface area contributed by atoms with Gasteiger partial charge in [0, 0.05) is 37.3 Å². The minimum absolute atomic E-state index is 0.116. The van der Waals surface area contributed by atoms with Crippen molar-refractivity contribution >= 4 is 11.6 Å². The normalized spacial score (nSPS) is 19.5. The molecule has 4 N–H and O–H groups in total. The van der Waals surface area contributed by atoms with E-state index in [0.29, 0.717) is 11.5 Å². The summed E-state index contributed by atoms with van der Waals surface area (Å²) in [5.41, 5.74) is 3.52. The molecule has 3 atom stereocenters. The molecule has 2 aromatic rings. The van der Waals surface area contributed by atoms with Crippen molar-refractivity contribution < 1.29 is 18.7 Å². The van der Waals surface area contributed by atoms with Crippen molar-refractivity contribution in [1.29, 1.82) is 0 Å². The van der Waals surface area contributed by atoms with Crippen molar-refractivity contribution in [3.8, 4) is 0 Å². The Labute approximate surface area is 195 Å². The number of nitrogens with one attached hydrogen (secondary N) is 3. The molecule has 0 saturated carbocycles. The second-order valence-corrected chi connectivity index (χ2v) is 9.72. The third-order valence-electron chi connectivity index (χ3n) is 6.20. The van der Waals surface area contributed by atoms with Crippen molar-refractivity contribution in [3.05, 3.63) is 64.7 Å². The SMILES string of the molecule is CC(=O)NC(Cc1cc(F)cc(F)c1)C(O)CNC1(C)CCNc2ccc(CC(C)C)cc21. The maximum absolute atomic E-state index is 13.6. The van der Waals surface area contributed by atoms with E-state index in [1.54, 1.807) is 0 Å². The number of benzene rings is 2. The standard InChI is InChI=1S/C26H35F2N3O2/c1-16(2)9-18-5-6-23-22(12-18)26(4,7-8-29-23)30-15-25(33)24(31-17(3)32)13-19-10-20(27)14-21(28)11-19/h5-6,10-12,14,16,24-25,29-30,33H,7-9,13,15H2,1-4H3,(H,31,32). The van der Waals surface area contributed by atoms with Gasteiger partial charge < -0.3 is 21.1 Å². The van der Waals surface area contributed by atoms with Crippen LogP contribution in [0.4, 0.5) is 14.5 Å². The molecule has 1 amide bonds. The van der Waals surface area contributed by atoms with E-state index in [2.05, 4.69) is 54.9 Å². The van der Waals surface area contributed by atoms with Crippen molar-refractivity contribution in [1.82, 2.24) is 10.6 Å². The Hall–Kier alpha value is -2.51. The van der Waals surface area contributed by atoms with Crippen LogP contribution in [0.2, 0.25) is 0 Å². The summed E-state index contributed by atoms with van der Waals surface area (Å²) in [5.74, 6) is -1.13. The predicted octanol–water partition coefficient (Wildman–Crippen LogP) is 3.89. The summed E-state index contributed by atoms with van der Waals surface area (Å²) in [6.45, 7) is 8.88. The number of fused-ring (bicyclic) bond motifs is 1. The zero-order chi connectivity index (χ0) is 24.2. The molecule has 1 heterocycles. The van der Waals surface area contributed by atoms with Crippen LogP contribution in [-0.2, 0) is 23.2 Å². The van der Waals surface area contributed by atoms with Gasteiger partial charge in [0.15, 0.2) is 0 Å². The molecule has 0 radical (unpaired) electrons. The fraction of sp³-hybridized carbons (Fsp3) is 0.500. The highest BCUT2D eigenvalue weighted by Crippen LogP contribution is 2.36. The topological polar surface area (TPSA) is 73.4 Å². The van der Waals surface area contributed by atoms with Crippen LogP contribution >= 0.6 is 0 Å². The number of carbonyl (C=O) groups is 1. The molecule has 0 aromatic heterocycles. The Morgan fingerprint density at radius 2 is 1.82 bits per heavy atom. The first kappa shape index (κ1) is 25.1. The molecule has 0 aliphatic carbocycles. The first-order valence-corrected chi connectivity index (χ1v) is 11.6. The monoisotopic (exact) mass is 459 g/mol. The lowest BCUT2D eigenvalue weighted by atomic mass is 9.82. The Morgan fingerprint density at radius 1 is 1.12 bits per heavy atom. The second-order valence-electron chi connectivity index (χ2n) is 9.72. The largest absolute Gasteiger partial charge is 0.390 e. The number of amides is 1. The maximum Gasteiger partial charge on any atom is 0.217 e.